The number of nitrogens with zero attached hydrogens (tertiary/aromatic N) is 1. The van der Waals surface area contributed by atoms with Crippen LogP contribution in [0.25, 0.3) is 0 Å². The maximum absolute atomic E-state index is 13.9. The van der Waals surface area contributed by atoms with Crippen molar-refractivity contribution in [2.45, 2.75) is 17.4 Å². The first-order valence-electron chi connectivity index (χ1n) is 9.54. The molecular formula is C23H23FN2O4S. The smallest absolute Gasteiger partial charge is 0.243 e. The minimum absolute atomic E-state index is 0.0366. The molecule has 0 bridgehead atoms. The molecule has 3 aromatic rings. The van der Waals surface area contributed by atoms with Gasteiger partial charge in [0.05, 0.1) is 23.7 Å². The van der Waals surface area contributed by atoms with E-state index in [2.05, 4.69) is 5.32 Å². The fourth-order valence-electron chi connectivity index (χ4n) is 3.15. The van der Waals surface area contributed by atoms with Gasteiger partial charge in [-0.3, -0.25) is 4.79 Å². The summed E-state index contributed by atoms with van der Waals surface area (Å²) in [5.74, 6) is -0.477. The van der Waals surface area contributed by atoms with E-state index in [1.807, 2.05) is 0 Å². The van der Waals surface area contributed by atoms with Crippen molar-refractivity contribution in [3.63, 3.8) is 0 Å². The largest absolute Gasteiger partial charge is 0.497 e. The zero-order chi connectivity index (χ0) is 22.4. The number of para-hydroxylation sites is 1. The van der Waals surface area contributed by atoms with E-state index in [9.17, 15) is 17.6 Å². The van der Waals surface area contributed by atoms with Crippen LogP contribution in [-0.2, 0) is 14.8 Å². The molecule has 1 N–H and O–H groups in total. The number of nitrogens with one attached hydrogen (secondary N) is 1. The highest BCUT2D eigenvalue weighted by atomic mass is 32.2. The van der Waals surface area contributed by atoms with Gasteiger partial charge in [0.2, 0.25) is 15.9 Å². The number of carbonyl (C=O) groups is 1. The molecule has 0 radical (unpaired) electrons. The average Bonchev–Trinajstić information content (AvgIpc) is 2.79. The van der Waals surface area contributed by atoms with Gasteiger partial charge in [-0.25, -0.2) is 12.8 Å². The predicted molar refractivity (Wildman–Crippen MR) is 117 cm³/mol. The van der Waals surface area contributed by atoms with Gasteiger partial charge in [0.25, 0.3) is 0 Å². The maximum atomic E-state index is 13.9. The second-order valence-electron chi connectivity index (χ2n) is 6.86. The number of benzene rings is 3. The first-order valence-corrected chi connectivity index (χ1v) is 11.0. The SMILES string of the molecule is COc1ccc([C@@H](CC(=O)Nc2ccccc2F)N(C)S(=O)(=O)c2ccccc2)cc1. The molecule has 0 saturated carbocycles. The normalized spacial score (nSPS) is 12.4. The molecule has 1 amide bonds. The third-order valence-electron chi connectivity index (χ3n) is 4.89. The van der Waals surface area contributed by atoms with Crippen LogP contribution >= 0.6 is 0 Å². The molecule has 31 heavy (non-hydrogen) atoms. The van der Waals surface area contributed by atoms with Crippen molar-refractivity contribution in [2.24, 2.45) is 0 Å². The highest BCUT2D eigenvalue weighted by Gasteiger charge is 2.31. The van der Waals surface area contributed by atoms with Crippen molar-refractivity contribution in [1.29, 1.82) is 0 Å². The van der Waals surface area contributed by atoms with Crippen LogP contribution in [-0.4, -0.2) is 32.8 Å². The van der Waals surface area contributed by atoms with E-state index < -0.39 is 27.8 Å². The monoisotopic (exact) mass is 442 g/mol. The van der Waals surface area contributed by atoms with Crippen LogP contribution in [0, 0.1) is 5.82 Å². The van der Waals surface area contributed by atoms with Crippen molar-refractivity contribution in [2.75, 3.05) is 19.5 Å². The summed E-state index contributed by atoms with van der Waals surface area (Å²) >= 11 is 0. The minimum Gasteiger partial charge on any atom is -0.497 e. The van der Waals surface area contributed by atoms with E-state index in [0.29, 0.717) is 11.3 Å². The van der Waals surface area contributed by atoms with E-state index in [-0.39, 0.29) is 17.0 Å². The Hall–Kier alpha value is -3.23. The fraction of sp³-hybridized carbons (Fsp3) is 0.174. The molecule has 0 unspecified atom stereocenters. The van der Waals surface area contributed by atoms with E-state index in [1.54, 1.807) is 48.5 Å². The molecule has 0 heterocycles. The highest BCUT2D eigenvalue weighted by Crippen LogP contribution is 2.30. The Bertz CT molecular complexity index is 1140. The van der Waals surface area contributed by atoms with E-state index >= 15 is 0 Å². The van der Waals surface area contributed by atoms with Gasteiger partial charge >= 0.3 is 0 Å². The summed E-state index contributed by atoms with van der Waals surface area (Å²) in [6.45, 7) is 0. The van der Waals surface area contributed by atoms with Crippen LogP contribution in [0.5, 0.6) is 5.75 Å². The Morgan fingerprint density at radius 3 is 2.23 bits per heavy atom. The summed E-state index contributed by atoms with van der Waals surface area (Å²) in [7, 11) is -0.928. The lowest BCUT2D eigenvalue weighted by Gasteiger charge is -2.28. The van der Waals surface area contributed by atoms with Crippen molar-refractivity contribution in [3.8, 4) is 5.75 Å². The Labute approximate surface area is 181 Å². The zero-order valence-electron chi connectivity index (χ0n) is 17.2. The molecule has 0 saturated heterocycles. The van der Waals surface area contributed by atoms with Gasteiger partial charge in [-0.2, -0.15) is 4.31 Å². The number of halogens is 1. The van der Waals surface area contributed by atoms with Gasteiger partial charge in [0.15, 0.2) is 0 Å². The minimum atomic E-state index is -3.88. The summed E-state index contributed by atoms with van der Waals surface area (Å²) in [4.78, 5) is 12.8. The van der Waals surface area contributed by atoms with Crippen LogP contribution in [0.3, 0.4) is 0 Å². The first kappa shape index (κ1) is 22.5. The lowest BCUT2D eigenvalue weighted by molar-refractivity contribution is -0.117. The molecule has 162 valence electrons. The van der Waals surface area contributed by atoms with Gasteiger partial charge in [-0.05, 0) is 42.0 Å². The number of hydrogen-bond donors (Lipinski definition) is 1. The molecule has 1 atom stereocenters. The molecular weight excluding hydrogens is 419 g/mol. The summed E-state index contributed by atoms with van der Waals surface area (Å²) in [6.07, 6.45) is -0.205. The van der Waals surface area contributed by atoms with Crippen LogP contribution in [0.1, 0.15) is 18.0 Å². The van der Waals surface area contributed by atoms with Gasteiger partial charge < -0.3 is 10.1 Å². The molecule has 6 nitrogen and oxygen atoms in total. The van der Waals surface area contributed by atoms with Crippen molar-refractivity contribution >= 4 is 21.6 Å². The van der Waals surface area contributed by atoms with Crippen molar-refractivity contribution < 1.29 is 22.3 Å². The van der Waals surface area contributed by atoms with Crippen LogP contribution in [0.15, 0.2) is 83.8 Å². The lowest BCUT2D eigenvalue weighted by Crippen LogP contribution is -2.34. The summed E-state index contributed by atoms with van der Waals surface area (Å²) < 4.78 is 46.6. The van der Waals surface area contributed by atoms with E-state index in [1.165, 1.54) is 44.5 Å². The number of hydrogen-bond acceptors (Lipinski definition) is 4. The van der Waals surface area contributed by atoms with Crippen molar-refractivity contribution in [1.82, 2.24) is 4.31 Å². The fourth-order valence-corrected chi connectivity index (χ4v) is 4.51. The number of ether oxygens (including phenoxy) is 1. The van der Waals surface area contributed by atoms with E-state index in [0.717, 1.165) is 4.31 Å². The molecule has 8 heteroatoms. The number of carbonyl (C=O) groups excluding carboxylic acids is 1. The Morgan fingerprint density at radius 2 is 1.61 bits per heavy atom. The molecule has 0 aromatic heterocycles. The molecule has 0 aliphatic heterocycles. The Balaban J connectivity index is 1.92. The quantitative estimate of drug-likeness (QED) is 0.567. The number of methoxy groups -OCH3 is 1. The van der Waals surface area contributed by atoms with Gasteiger partial charge in [0.1, 0.15) is 11.6 Å². The molecule has 0 spiro atoms. The van der Waals surface area contributed by atoms with Crippen LogP contribution in [0.2, 0.25) is 0 Å². The second-order valence-corrected chi connectivity index (χ2v) is 8.85. The third kappa shape index (κ3) is 5.28. The van der Waals surface area contributed by atoms with Crippen LogP contribution < -0.4 is 10.1 Å². The lowest BCUT2D eigenvalue weighted by atomic mass is 10.0. The number of rotatable bonds is 8. The summed E-state index contributed by atoms with van der Waals surface area (Å²) in [6, 6.07) is 19.8. The molecule has 3 rings (SSSR count). The van der Waals surface area contributed by atoms with Gasteiger partial charge in [-0.1, -0.05) is 42.5 Å². The van der Waals surface area contributed by atoms with E-state index in [4.69, 9.17) is 4.74 Å². The average molecular weight is 443 g/mol. The molecule has 0 aliphatic rings. The Morgan fingerprint density at radius 1 is 1.00 bits per heavy atom. The number of anilines is 1. The highest BCUT2D eigenvalue weighted by molar-refractivity contribution is 7.89. The molecule has 3 aromatic carbocycles. The zero-order valence-corrected chi connectivity index (χ0v) is 18.0. The van der Waals surface area contributed by atoms with Crippen molar-refractivity contribution in [3.05, 3.63) is 90.2 Å². The molecule has 0 aliphatic carbocycles. The standard InChI is InChI=1S/C23H23FN2O4S/c1-26(31(28,29)19-8-4-3-5-9-19)22(17-12-14-18(30-2)15-13-17)16-23(27)25-21-11-7-6-10-20(21)24/h3-15,22H,16H2,1-2H3,(H,25,27)/t22-/m1/s1. The topological polar surface area (TPSA) is 75.7 Å². The maximum Gasteiger partial charge on any atom is 0.243 e. The van der Waals surface area contributed by atoms with Crippen LogP contribution in [0.4, 0.5) is 10.1 Å². The summed E-state index contributed by atoms with van der Waals surface area (Å²) in [5, 5.41) is 2.52. The number of sulfonamides is 1. The van der Waals surface area contributed by atoms with Gasteiger partial charge in [-0.15, -0.1) is 0 Å². The molecule has 0 fully saturated rings. The predicted octanol–water partition coefficient (Wildman–Crippen LogP) is 4.22. The number of amides is 1. The van der Waals surface area contributed by atoms with Gasteiger partial charge in [0, 0.05) is 13.5 Å². The second kappa shape index (κ2) is 9.72. The first-order chi connectivity index (χ1) is 14.8. The third-order valence-corrected chi connectivity index (χ3v) is 6.77. The Kier molecular flexibility index (Phi) is 7.04. The summed E-state index contributed by atoms with van der Waals surface area (Å²) in [5.41, 5.74) is 0.640.